The Morgan fingerprint density at radius 1 is 1.28 bits per heavy atom. The average Bonchev–Trinajstić information content (AvgIpc) is 2.65. The molecule has 2 fully saturated rings. The normalized spacial score (nSPS) is 21.8. The fourth-order valence-electron chi connectivity index (χ4n) is 3.82. The van der Waals surface area contributed by atoms with Crippen molar-refractivity contribution in [2.24, 2.45) is 5.92 Å². The molecule has 7 nitrogen and oxygen atoms in total. The third-order valence-electron chi connectivity index (χ3n) is 5.15. The van der Waals surface area contributed by atoms with E-state index in [9.17, 15) is 4.79 Å². The zero-order valence-electron chi connectivity index (χ0n) is 15.0. The standard InChI is InChI=1S/C18H29N5O2/c1-2-25-18(24)13-7-6-10-23(11-13)17-15(19)16(20-12-21-17)22-14-8-4-3-5-9-14/h12-14H,2-11,19H2,1H3,(H,20,21,22). The molecule has 2 aliphatic rings. The van der Waals surface area contributed by atoms with Gasteiger partial charge >= 0.3 is 5.97 Å². The minimum absolute atomic E-state index is 0.113. The monoisotopic (exact) mass is 347 g/mol. The number of nitrogens with one attached hydrogen (secondary N) is 1. The molecule has 1 aromatic rings. The number of aromatic nitrogens is 2. The van der Waals surface area contributed by atoms with Crippen molar-refractivity contribution in [2.45, 2.75) is 57.9 Å². The van der Waals surface area contributed by atoms with Gasteiger partial charge in [-0.2, -0.15) is 0 Å². The molecule has 1 saturated carbocycles. The molecular formula is C18H29N5O2. The van der Waals surface area contributed by atoms with Gasteiger partial charge in [0.2, 0.25) is 0 Å². The van der Waals surface area contributed by atoms with E-state index in [1.807, 2.05) is 6.92 Å². The molecule has 1 aromatic heterocycles. The first-order valence-electron chi connectivity index (χ1n) is 9.47. The predicted molar refractivity (Wildman–Crippen MR) is 98.5 cm³/mol. The fourth-order valence-corrected chi connectivity index (χ4v) is 3.82. The van der Waals surface area contributed by atoms with Gasteiger partial charge in [-0.3, -0.25) is 4.79 Å². The van der Waals surface area contributed by atoms with Crippen molar-refractivity contribution in [1.82, 2.24) is 9.97 Å². The van der Waals surface area contributed by atoms with Gasteiger partial charge in [0.25, 0.3) is 0 Å². The van der Waals surface area contributed by atoms with Crippen LogP contribution in [0.15, 0.2) is 6.33 Å². The van der Waals surface area contributed by atoms with Crippen LogP contribution in [0.1, 0.15) is 51.9 Å². The van der Waals surface area contributed by atoms with Crippen molar-refractivity contribution in [3.63, 3.8) is 0 Å². The summed E-state index contributed by atoms with van der Waals surface area (Å²) >= 11 is 0. The molecule has 1 atom stereocenters. The number of nitrogens with two attached hydrogens (primary N) is 1. The van der Waals surface area contributed by atoms with E-state index in [4.69, 9.17) is 10.5 Å². The summed E-state index contributed by atoms with van der Waals surface area (Å²) in [6.07, 6.45) is 9.48. The molecule has 3 rings (SSSR count). The Hall–Kier alpha value is -2.05. The largest absolute Gasteiger partial charge is 0.466 e. The molecule has 1 aliphatic heterocycles. The van der Waals surface area contributed by atoms with Crippen LogP contribution in [0.4, 0.5) is 17.3 Å². The van der Waals surface area contributed by atoms with Crippen molar-refractivity contribution in [2.75, 3.05) is 35.6 Å². The van der Waals surface area contributed by atoms with Gasteiger partial charge < -0.3 is 20.7 Å². The lowest BCUT2D eigenvalue weighted by atomic mass is 9.95. The van der Waals surface area contributed by atoms with Crippen molar-refractivity contribution in [1.29, 1.82) is 0 Å². The van der Waals surface area contributed by atoms with E-state index in [-0.39, 0.29) is 11.9 Å². The van der Waals surface area contributed by atoms with E-state index < -0.39 is 0 Å². The Morgan fingerprint density at radius 2 is 2.08 bits per heavy atom. The molecule has 0 spiro atoms. The third-order valence-corrected chi connectivity index (χ3v) is 5.15. The number of ether oxygens (including phenoxy) is 1. The number of nitrogen functional groups attached to an aromatic ring is 1. The second-order valence-electron chi connectivity index (χ2n) is 6.98. The van der Waals surface area contributed by atoms with Gasteiger partial charge in [0.1, 0.15) is 12.0 Å². The van der Waals surface area contributed by atoms with Crippen LogP contribution in [0.25, 0.3) is 0 Å². The van der Waals surface area contributed by atoms with Crippen LogP contribution in [-0.2, 0) is 9.53 Å². The Morgan fingerprint density at radius 3 is 2.84 bits per heavy atom. The summed E-state index contributed by atoms with van der Waals surface area (Å²) in [5.41, 5.74) is 6.95. The summed E-state index contributed by atoms with van der Waals surface area (Å²) in [6.45, 7) is 3.70. The third kappa shape index (κ3) is 4.32. The highest BCUT2D eigenvalue weighted by Crippen LogP contribution is 2.31. The number of rotatable bonds is 5. The first-order valence-corrected chi connectivity index (χ1v) is 9.47. The summed E-state index contributed by atoms with van der Waals surface area (Å²) in [4.78, 5) is 22.9. The molecular weight excluding hydrogens is 318 g/mol. The maximum Gasteiger partial charge on any atom is 0.310 e. The van der Waals surface area contributed by atoms with Crippen LogP contribution in [0, 0.1) is 5.92 Å². The second kappa shape index (κ2) is 8.36. The second-order valence-corrected chi connectivity index (χ2v) is 6.98. The van der Waals surface area contributed by atoms with Gasteiger partial charge in [0, 0.05) is 19.1 Å². The highest BCUT2D eigenvalue weighted by atomic mass is 16.5. The number of esters is 1. The molecule has 0 amide bonds. The fraction of sp³-hybridized carbons (Fsp3) is 0.722. The lowest BCUT2D eigenvalue weighted by molar-refractivity contribution is -0.148. The Kier molecular flexibility index (Phi) is 5.94. The van der Waals surface area contributed by atoms with E-state index in [1.54, 1.807) is 6.33 Å². The summed E-state index contributed by atoms with van der Waals surface area (Å²) in [5.74, 6) is 1.20. The van der Waals surface area contributed by atoms with Gasteiger partial charge in [-0.1, -0.05) is 19.3 Å². The molecule has 7 heteroatoms. The van der Waals surface area contributed by atoms with Crippen molar-refractivity contribution in [3.05, 3.63) is 6.33 Å². The lowest BCUT2D eigenvalue weighted by Gasteiger charge is -2.33. The Balaban J connectivity index is 1.71. The highest BCUT2D eigenvalue weighted by Gasteiger charge is 2.29. The van der Waals surface area contributed by atoms with Gasteiger partial charge in [-0.15, -0.1) is 0 Å². The van der Waals surface area contributed by atoms with Gasteiger partial charge in [0.15, 0.2) is 11.6 Å². The molecule has 1 unspecified atom stereocenters. The van der Waals surface area contributed by atoms with E-state index in [2.05, 4.69) is 20.2 Å². The number of anilines is 3. The zero-order valence-corrected chi connectivity index (χ0v) is 15.0. The van der Waals surface area contributed by atoms with Crippen LogP contribution in [0.3, 0.4) is 0 Å². The van der Waals surface area contributed by atoms with Gasteiger partial charge in [0.05, 0.1) is 12.5 Å². The summed E-state index contributed by atoms with van der Waals surface area (Å²) in [5, 5.41) is 3.49. The minimum Gasteiger partial charge on any atom is -0.466 e. The number of hydrogen-bond acceptors (Lipinski definition) is 7. The van der Waals surface area contributed by atoms with E-state index in [1.165, 1.54) is 19.3 Å². The molecule has 1 saturated heterocycles. The number of nitrogens with zero attached hydrogens (tertiary/aromatic N) is 3. The number of hydrogen-bond donors (Lipinski definition) is 2. The molecule has 0 aromatic carbocycles. The topological polar surface area (TPSA) is 93.4 Å². The van der Waals surface area contributed by atoms with Crippen LogP contribution >= 0.6 is 0 Å². The zero-order chi connectivity index (χ0) is 17.6. The SMILES string of the molecule is CCOC(=O)C1CCCN(c2ncnc(NC3CCCCC3)c2N)C1. The molecule has 1 aliphatic carbocycles. The van der Waals surface area contributed by atoms with E-state index in [0.717, 1.165) is 43.9 Å². The van der Waals surface area contributed by atoms with Gasteiger partial charge in [-0.05, 0) is 32.6 Å². The maximum absolute atomic E-state index is 12.1. The van der Waals surface area contributed by atoms with Gasteiger partial charge in [-0.25, -0.2) is 9.97 Å². The quantitative estimate of drug-likeness (QED) is 0.791. The minimum atomic E-state index is -0.125. The molecule has 3 N–H and O–H groups in total. The molecule has 25 heavy (non-hydrogen) atoms. The van der Waals surface area contributed by atoms with Crippen molar-refractivity contribution < 1.29 is 9.53 Å². The predicted octanol–water partition coefficient (Wildman–Crippen LogP) is 2.58. The van der Waals surface area contributed by atoms with E-state index >= 15 is 0 Å². The number of carbonyl (C=O) groups is 1. The average molecular weight is 347 g/mol. The maximum atomic E-state index is 12.1. The molecule has 0 bridgehead atoms. The summed E-state index contributed by atoms with van der Waals surface area (Å²) in [7, 11) is 0. The Bertz CT molecular complexity index is 589. The number of carbonyl (C=O) groups excluding carboxylic acids is 1. The smallest absolute Gasteiger partial charge is 0.310 e. The molecule has 2 heterocycles. The summed E-state index contributed by atoms with van der Waals surface area (Å²) < 4.78 is 5.18. The lowest BCUT2D eigenvalue weighted by Crippen LogP contribution is -2.40. The molecule has 138 valence electrons. The van der Waals surface area contributed by atoms with Crippen LogP contribution < -0.4 is 16.0 Å². The first-order chi connectivity index (χ1) is 12.2. The first kappa shape index (κ1) is 17.8. The highest BCUT2D eigenvalue weighted by molar-refractivity contribution is 5.77. The molecule has 0 radical (unpaired) electrons. The van der Waals surface area contributed by atoms with E-state index in [0.29, 0.717) is 24.9 Å². The Labute approximate surface area is 149 Å². The van der Waals surface area contributed by atoms with Crippen LogP contribution in [0.5, 0.6) is 0 Å². The van der Waals surface area contributed by atoms with Crippen LogP contribution in [0.2, 0.25) is 0 Å². The number of piperidine rings is 1. The van der Waals surface area contributed by atoms with Crippen molar-refractivity contribution >= 4 is 23.3 Å². The van der Waals surface area contributed by atoms with Crippen LogP contribution in [-0.4, -0.2) is 41.7 Å². The summed E-state index contributed by atoms with van der Waals surface area (Å²) in [6, 6.07) is 0.437. The van der Waals surface area contributed by atoms with Crippen molar-refractivity contribution in [3.8, 4) is 0 Å².